The van der Waals surface area contributed by atoms with Gasteiger partial charge in [0.1, 0.15) is 12.2 Å². The zero-order valence-corrected chi connectivity index (χ0v) is 11.2. The number of carbonyl (C=O) groups is 2. The summed E-state index contributed by atoms with van der Waals surface area (Å²) in [6.07, 6.45) is 0.138. The number of rotatable bonds is 6. The van der Waals surface area contributed by atoms with E-state index in [1.165, 1.54) is 11.0 Å². The third kappa shape index (κ3) is 5.07. The Bertz CT molecular complexity index is 448. The first-order chi connectivity index (χ1) is 9.04. The van der Waals surface area contributed by atoms with E-state index in [4.69, 9.17) is 4.74 Å². The van der Waals surface area contributed by atoms with Crippen molar-refractivity contribution in [3.8, 4) is 0 Å². The van der Waals surface area contributed by atoms with Crippen LogP contribution in [0.25, 0.3) is 0 Å². The monoisotopic (exact) mass is 267 g/mol. The highest BCUT2D eigenvalue weighted by molar-refractivity contribution is 5.94. The average molecular weight is 267 g/mol. The van der Waals surface area contributed by atoms with Gasteiger partial charge in [-0.05, 0) is 25.0 Å². The highest BCUT2D eigenvalue weighted by atomic mass is 19.1. The molecule has 1 aromatic rings. The lowest BCUT2D eigenvalue weighted by Gasteiger charge is -2.16. The molecule has 1 rings (SSSR count). The largest absolute Gasteiger partial charge is 0.466 e. The summed E-state index contributed by atoms with van der Waals surface area (Å²) in [7, 11) is 1.59. The molecule has 0 saturated carbocycles. The summed E-state index contributed by atoms with van der Waals surface area (Å²) in [5.74, 6) is -1.14. The van der Waals surface area contributed by atoms with E-state index < -0.39 is 5.97 Å². The average Bonchev–Trinajstić information content (AvgIpc) is 2.37. The van der Waals surface area contributed by atoms with Crippen molar-refractivity contribution in [2.24, 2.45) is 0 Å². The molecule has 4 nitrogen and oxygen atoms in total. The van der Waals surface area contributed by atoms with E-state index >= 15 is 0 Å². The fourth-order valence-corrected chi connectivity index (χ4v) is 1.58. The first-order valence-corrected chi connectivity index (χ1v) is 6.17. The molecule has 0 unspecified atom stereocenters. The van der Waals surface area contributed by atoms with Crippen molar-refractivity contribution in [3.63, 3.8) is 0 Å². The van der Waals surface area contributed by atoms with Crippen LogP contribution in [0, 0.1) is 5.82 Å². The Kier molecular flexibility index (Phi) is 5.99. The maximum absolute atomic E-state index is 13.4. The summed E-state index contributed by atoms with van der Waals surface area (Å²) in [5.41, 5.74) is 0.554. The predicted octanol–water partition coefficient (Wildman–Crippen LogP) is 1.78. The zero-order valence-electron chi connectivity index (χ0n) is 11.2. The van der Waals surface area contributed by atoms with Crippen LogP contribution >= 0.6 is 0 Å². The minimum absolute atomic E-state index is 0.255. The lowest BCUT2D eigenvalue weighted by molar-refractivity contribution is -0.148. The summed E-state index contributed by atoms with van der Waals surface area (Å²) in [6, 6.07) is 6.43. The molecule has 1 aromatic carbocycles. The quantitative estimate of drug-likeness (QED) is 0.583. The molecule has 0 aliphatic heterocycles. The zero-order chi connectivity index (χ0) is 14.3. The number of carbonyl (C=O) groups excluding carboxylic acids is 2. The Morgan fingerprint density at radius 3 is 2.63 bits per heavy atom. The molecule has 0 radical (unpaired) electrons. The molecule has 0 aromatic heterocycles. The number of halogens is 1. The van der Waals surface area contributed by atoms with Crippen LogP contribution in [0.5, 0.6) is 0 Å². The van der Waals surface area contributed by atoms with E-state index in [1.54, 1.807) is 32.2 Å². The van der Waals surface area contributed by atoms with Crippen LogP contribution < -0.4 is 0 Å². The Hall–Kier alpha value is -1.91. The van der Waals surface area contributed by atoms with Crippen LogP contribution in [0.15, 0.2) is 24.3 Å². The second kappa shape index (κ2) is 7.51. The van der Waals surface area contributed by atoms with Gasteiger partial charge in [0.25, 0.3) is 0 Å². The van der Waals surface area contributed by atoms with Crippen LogP contribution in [-0.2, 0) is 20.7 Å². The van der Waals surface area contributed by atoms with Crippen molar-refractivity contribution in [2.75, 3.05) is 20.2 Å². The van der Waals surface area contributed by atoms with Gasteiger partial charge in [-0.1, -0.05) is 18.2 Å². The number of nitrogens with zero attached hydrogens (tertiary/aromatic N) is 1. The molecule has 1 amide bonds. The Morgan fingerprint density at radius 2 is 2.00 bits per heavy atom. The highest BCUT2D eigenvalue weighted by Gasteiger charge is 2.14. The van der Waals surface area contributed by atoms with Crippen molar-refractivity contribution in [1.29, 1.82) is 0 Å². The molecular weight excluding hydrogens is 249 g/mol. The summed E-state index contributed by atoms with van der Waals surface area (Å²) < 4.78 is 18.1. The molecule has 19 heavy (non-hydrogen) atoms. The van der Waals surface area contributed by atoms with E-state index in [0.717, 1.165) is 0 Å². The molecule has 0 N–H and O–H groups in total. The molecule has 0 aliphatic carbocycles. The first-order valence-electron chi connectivity index (χ1n) is 6.17. The van der Waals surface area contributed by atoms with E-state index in [-0.39, 0.29) is 24.8 Å². The number of benzene rings is 1. The van der Waals surface area contributed by atoms with Crippen LogP contribution in [0.4, 0.5) is 4.39 Å². The maximum Gasteiger partial charge on any atom is 0.315 e. The minimum atomic E-state index is -0.537. The summed E-state index contributed by atoms with van der Waals surface area (Å²) >= 11 is 0. The van der Waals surface area contributed by atoms with Crippen LogP contribution in [0.3, 0.4) is 0 Å². The van der Waals surface area contributed by atoms with Gasteiger partial charge in [-0.25, -0.2) is 4.39 Å². The smallest absolute Gasteiger partial charge is 0.315 e. The van der Waals surface area contributed by atoms with Gasteiger partial charge in [0, 0.05) is 13.6 Å². The molecule has 0 aliphatic rings. The molecule has 0 fully saturated rings. The minimum Gasteiger partial charge on any atom is -0.466 e. The number of hydrogen-bond donors (Lipinski definition) is 0. The molecule has 104 valence electrons. The van der Waals surface area contributed by atoms with Crippen molar-refractivity contribution in [2.45, 2.75) is 19.8 Å². The van der Waals surface area contributed by atoms with E-state index in [0.29, 0.717) is 18.5 Å². The Morgan fingerprint density at radius 1 is 1.32 bits per heavy atom. The maximum atomic E-state index is 13.4. The Balaban J connectivity index is 2.43. The van der Waals surface area contributed by atoms with Crippen molar-refractivity contribution < 1.29 is 18.7 Å². The fraction of sp³-hybridized carbons (Fsp3) is 0.429. The molecule has 0 saturated heterocycles. The third-order valence-corrected chi connectivity index (χ3v) is 2.70. The lowest BCUT2D eigenvalue weighted by atomic mass is 10.1. The first kappa shape index (κ1) is 15.1. The van der Waals surface area contributed by atoms with Crippen molar-refractivity contribution in [1.82, 2.24) is 4.90 Å². The SMILES string of the molecule is CCOC(=O)CC(=O)N(C)CCc1ccccc1F. The molecule has 0 heterocycles. The second-order valence-corrected chi connectivity index (χ2v) is 4.14. The molecule has 5 heteroatoms. The van der Waals surface area contributed by atoms with E-state index in [9.17, 15) is 14.0 Å². The van der Waals surface area contributed by atoms with Gasteiger partial charge in [-0.2, -0.15) is 0 Å². The number of amides is 1. The van der Waals surface area contributed by atoms with Gasteiger partial charge >= 0.3 is 5.97 Å². The van der Waals surface area contributed by atoms with Gasteiger partial charge in [0.2, 0.25) is 5.91 Å². The van der Waals surface area contributed by atoms with Crippen LogP contribution in [0.1, 0.15) is 18.9 Å². The van der Waals surface area contributed by atoms with Gasteiger partial charge in [0.05, 0.1) is 6.61 Å². The fourth-order valence-electron chi connectivity index (χ4n) is 1.58. The van der Waals surface area contributed by atoms with Gasteiger partial charge < -0.3 is 9.64 Å². The van der Waals surface area contributed by atoms with Gasteiger partial charge in [0.15, 0.2) is 0 Å². The topological polar surface area (TPSA) is 46.6 Å². The van der Waals surface area contributed by atoms with Gasteiger partial charge in [-0.15, -0.1) is 0 Å². The summed E-state index contributed by atoms with van der Waals surface area (Å²) in [6.45, 7) is 2.30. The van der Waals surface area contributed by atoms with Gasteiger partial charge in [-0.3, -0.25) is 9.59 Å². The third-order valence-electron chi connectivity index (χ3n) is 2.70. The Labute approximate surface area is 112 Å². The van der Waals surface area contributed by atoms with E-state index in [2.05, 4.69) is 0 Å². The normalized spacial score (nSPS) is 10.1. The standard InChI is InChI=1S/C14H18FNO3/c1-3-19-14(18)10-13(17)16(2)9-8-11-6-4-5-7-12(11)15/h4-7H,3,8-10H2,1-2H3. The number of hydrogen-bond acceptors (Lipinski definition) is 3. The lowest BCUT2D eigenvalue weighted by Crippen LogP contribution is -2.31. The predicted molar refractivity (Wildman–Crippen MR) is 69.0 cm³/mol. The highest BCUT2D eigenvalue weighted by Crippen LogP contribution is 2.07. The number of ether oxygens (including phenoxy) is 1. The van der Waals surface area contributed by atoms with Crippen molar-refractivity contribution in [3.05, 3.63) is 35.6 Å². The van der Waals surface area contributed by atoms with Crippen molar-refractivity contribution >= 4 is 11.9 Å². The molecular formula is C14H18FNO3. The van der Waals surface area contributed by atoms with Crippen LogP contribution in [0.2, 0.25) is 0 Å². The summed E-state index contributed by atoms with van der Waals surface area (Å²) in [4.78, 5) is 24.2. The van der Waals surface area contributed by atoms with E-state index in [1.807, 2.05) is 0 Å². The number of esters is 1. The molecule has 0 bridgehead atoms. The second-order valence-electron chi connectivity index (χ2n) is 4.14. The number of likely N-dealkylation sites (N-methyl/N-ethyl adjacent to an activating group) is 1. The summed E-state index contributed by atoms with van der Waals surface area (Å²) in [5, 5.41) is 0. The molecule has 0 spiro atoms. The van der Waals surface area contributed by atoms with Crippen LogP contribution in [-0.4, -0.2) is 37.0 Å². The molecule has 0 atom stereocenters.